The first-order valence-electron chi connectivity index (χ1n) is 10.4. The Morgan fingerprint density at radius 1 is 1.03 bits per heavy atom. The molecule has 0 aliphatic carbocycles. The van der Waals surface area contributed by atoms with E-state index in [-0.39, 0.29) is 32.4 Å². The van der Waals surface area contributed by atoms with Crippen molar-refractivity contribution in [3.63, 3.8) is 0 Å². The second kappa shape index (κ2) is 8.93. The van der Waals surface area contributed by atoms with Crippen molar-refractivity contribution in [2.45, 2.75) is 23.9 Å². The maximum absolute atomic E-state index is 14.0. The van der Waals surface area contributed by atoms with Gasteiger partial charge < -0.3 is 4.74 Å². The highest BCUT2D eigenvalue weighted by molar-refractivity contribution is 7.92. The van der Waals surface area contributed by atoms with Gasteiger partial charge in [-0.05, 0) is 42.7 Å². The fourth-order valence-electron chi connectivity index (χ4n) is 3.89. The van der Waals surface area contributed by atoms with Crippen LogP contribution in [0.2, 0.25) is 0 Å². The number of benzene rings is 2. The molecule has 2 aromatic heterocycles. The quantitative estimate of drug-likeness (QED) is 0.380. The maximum Gasteiger partial charge on any atom is 0.417 e. The summed E-state index contributed by atoms with van der Waals surface area (Å²) in [5.74, 6) is 0.480. The largest absolute Gasteiger partial charge is 0.493 e. The Kier molecular flexibility index (Phi) is 5.93. The minimum absolute atomic E-state index is 0.0132. The van der Waals surface area contributed by atoms with E-state index in [2.05, 4.69) is 19.7 Å². The Morgan fingerprint density at radius 3 is 2.60 bits per heavy atom. The van der Waals surface area contributed by atoms with Crippen LogP contribution in [0.3, 0.4) is 0 Å². The summed E-state index contributed by atoms with van der Waals surface area (Å²) in [5.41, 5.74) is -0.443. The highest BCUT2D eigenvalue weighted by Crippen LogP contribution is 2.46. The molecule has 0 spiro atoms. The highest BCUT2D eigenvalue weighted by Gasteiger charge is 2.37. The fourth-order valence-corrected chi connectivity index (χ4v) is 5.68. The molecule has 0 saturated heterocycles. The Balaban J connectivity index is 1.69. The minimum atomic E-state index is -4.72. The topological polar surface area (TPSA) is 94.1 Å². The number of fused-ring (bicyclic) bond motifs is 1. The van der Waals surface area contributed by atoms with Crippen molar-refractivity contribution in [3.8, 4) is 27.6 Å². The second-order valence-electron chi connectivity index (χ2n) is 7.67. The number of nitrogens with zero attached hydrogens (tertiary/aromatic N) is 3. The van der Waals surface area contributed by atoms with Crippen molar-refractivity contribution < 1.29 is 26.3 Å². The summed E-state index contributed by atoms with van der Waals surface area (Å²) in [6.07, 6.45) is 0.774. The molecule has 180 valence electrons. The van der Waals surface area contributed by atoms with Crippen molar-refractivity contribution >= 4 is 27.0 Å². The van der Waals surface area contributed by atoms with Crippen molar-refractivity contribution in [2.75, 3.05) is 11.3 Å². The van der Waals surface area contributed by atoms with Gasteiger partial charge in [0.15, 0.2) is 0 Å². The number of ether oxygens (including phenoxy) is 1. The van der Waals surface area contributed by atoms with Crippen LogP contribution in [0.1, 0.15) is 17.5 Å². The van der Waals surface area contributed by atoms with Crippen molar-refractivity contribution in [3.05, 3.63) is 71.6 Å². The van der Waals surface area contributed by atoms with Gasteiger partial charge in [-0.25, -0.2) is 23.4 Å². The minimum Gasteiger partial charge on any atom is -0.493 e. The predicted molar refractivity (Wildman–Crippen MR) is 125 cm³/mol. The number of anilines is 1. The maximum atomic E-state index is 14.0. The lowest BCUT2D eigenvalue weighted by Gasteiger charge is -2.21. The molecule has 0 bridgehead atoms. The molecule has 0 unspecified atom stereocenters. The third-order valence-corrected chi connectivity index (χ3v) is 7.59. The average Bonchev–Trinajstić information content (AvgIpc) is 3.37. The number of nitrogens with one attached hydrogen (secondary N) is 1. The first-order valence-corrected chi connectivity index (χ1v) is 12.8. The fraction of sp³-hybridized carbons (Fsp3) is 0.174. The van der Waals surface area contributed by atoms with Crippen molar-refractivity contribution in [1.29, 1.82) is 0 Å². The monoisotopic (exact) mass is 518 g/mol. The van der Waals surface area contributed by atoms with E-state index in [1.54, 1.807) is 11.4 Å². The van der Waals surface area contributed by atoms with Crippen molar-refractivity contribution in [1.82, 2.24) is 15.0 Å². The zero-order valence-electron chi connectivity index (χ0n) is 17.9. The van der Waals surface area contributed by atoms with Crippen LogP contribution in [0.4, 0.5) is 18.9 Å². The van der Waals surface area contributed by atoms with Crippen LogP contribution in [0, 0.1) is 0 Å². The van der Waals surface area contributed by atoms with E-state index in [9.17, 15) is 21.6 Å². The molecular formula is C23H17F3N4O3S2. The van der Waals surface area contributed by atoms with Gasteiger partial charge in [-0.15, -0.1) is 11.3 Å². The van der Waals surface area contributed by atoms with E-state index in [1.165, 1.54) is 30.6 Å². The molecule has 0 radical (unpaired) electrons. The van der Waals surface area contributed by atoms with E-state index < -0.39 is 21.8 Å². The molecule has 5 rings (SSSR count). The van der Waals surface area contributed by atoms with E-state index in [0.29, 0.717) is 12.4 Å². The summed E-state index contributed by atoms with van der Waals surface area (Å²) in [5, 5.41) is 1.80. The zero-order valence-corrected chi connectivity index (χ0v) is 19.5. The lowest BCUT2D eigenvalue weighted by Crippen LogP contribution is -2.17. The summed E-state index contributed by atoms with van der Waals surface area (Å²) in [6, 6.07) is 7.83. The molecule has 0 saturated carbocycles. The van der Waals surface area contributed by atoms with Crippen LogP contribution in [0.5, 0.6) is 5.75 Å². The number of sulfonamides is 1. The van der Waals surface area contributed by atoms with Gasteiger partial charge in [0.1, 0.15) is 17.1 Å². The van der Waals surface area contributed by atoms with Gasteiger partial charge in [0.05, 0.1) is 28.4 Å². The molecule has 0 atom stereocenters. The number of halogens is 3. The summed E-state index contributed by atoms with van der Waals surface area (Å²) in [7, 11) is -4.17. The predicted octanol–water partition coefficient (Wildman–Crippen LogP) is 5.41. The highest BCUT2D eigenvalue weighted by atomic mass is 32.2. The normalized spacial score (nSPS) is 13.7. The average molecular weight is 519 g/mol. The summed E-state index contributed by atoms with van der Waals surface area (Å²) in [4.78, 5) is 11.9. The van der Waals surface area contributed by atoms with Crippen LogP contribution in [-0.4, -0.2) is 30.0 Å². The molecule has 0 fully saturated rings. The van der Waals surface area contributed by atoms with Crippen molar-refractivity contribution in [2.24, 2.45) is 0 Å². The van der Waals surface area contributed by atoms with Crippen LogP contribution < -0.4 is 9.46 Å². The molecule has 0 amide bonds. The van der Waals surface area contributed by atoms with Gasteiger partial charge >= 0.3 is 6.18 Å². The van der Waals surface area contributed by atoms with E-state index >= 15 is 0 Å². The molecule has 4 aromatic rings. The molecule has 12 heteroatoms. The molecule has 2 aromatic carbocycles. The summed E-state index contributed by atoms with van der Waals surface area (Å²) in [6.45, 7) is 0.485. The summed E-state index contributed by atoms with van der Waals surface area (Å²) >= 11 is 1.08. The Labute approximate surface area is 202 Å². The van der Waals surface area contributed by atoms with Crippen LogP contribution in [-0.2, 0) is 22.6 Å². The number of thiazole rings is 1. The number of hydrogen-bond donors (Lipinski definition) is 1. The van der Waals surface area contributed by atoms with Crippen LogP contribution in [0.25, 0.3) is 21.8 Å². The Bertz CT molecular complexity index is 1480. The number of aromatic nitrogens is 3. The molecular weight excluding hydrogens is 501 g/mol. The standard InChI is InChI=1S/C23H17F3N4O3S2/c24-23(25,26)16-5-6-18(21(22-28-9-11-34-22)20(16)17-7-8-27-13-29-17)30-35(31,32)15-4-3-14-2-1-10-33-19(14)12-15/h3-9,11-13,30H,1-2,10H2. The first-order chi connectivity index (χ1) is 16.7. The first kappa shape index (κ1) is 23.2. The lowest BCUT2D eigenvalue weighted by atomic mass is 9.96. The third-order valence-electron chi connectivity index (χ3n) is 5.44. The SMILES string of the molecule is O=S(=O)(Nc1ccc(C(F)(F)F)c(-c2ccncn2)c1-c1nccs1)c1ccc2c(c1)OCCC2. The number of aryl methyl sites for hydroxylation is 1. The van der Waals surface area contributed by atoms with E-state index in [1.807, 2.05) is 0 Å². The van der Waals surface area contributed by atoms with Gasteiger partial charge in [0.2, 0.25) is 0 Å². The molecule has 1 aliphatic heterocycles. The molecule has 7 nitrogen and oxygen atoms in total. The van der Waals surface area contributed by atoms with E-state index in [0.717, 1.165) is 48.2 Å². The zero-order chi connectivity index (χ0) is 24.6. The molecule has 3 heterocycles. The van der Waals surface area contributed by atoms with Crippen LogP contribution in [0.15, 0.2) is 65.4 Å². The Morgan fingerprint density at radius 2 is 1.89 bits per heavy atom. The second-order valence-corrected chi connectivity index (χ2v) is 10.2. The number of alkyl halides is 3. The van der Waals surface area contributed by atoms with Crippen LogP contribution >= 0.6 is 11.3 Å². The molecule has 1 N–H and O–H groups in total. The van der Waals surface area contributed by atoms with Gasteiger partial charge in [0.25, 0.3) is 10.0 Å². The van der Waals surface area contributed by atoms with Gasteiger partial charge in [-0.1, -0.05) is 6.07 Å². The number of rotatable bonds is 5. The van der Waals surface area contributed by atoms with Gasteiger partial charge in [0, 0.05) is 35.0 Å². The number of hydrogen-bond acceptors (Lipinski definition) is 7. The Hall–Kier alpha value is -3.51. The lowest BCUT2D eigenvalue weighted by molar-refractivity contribution is -0.137. The smallest absolute Gasteiger partial charge is 0.417 e. The van der Waals surface area contributed by atoms with Gasteiger partial charge in [-0.3, -0.25) is 4.72 Å². The molecule has 35 heavy (non-hydrogen) atoms. The third kappa shape index (κ3) is 4.58. The van der Waals surface area contributed by atoms with Gasteiger partial charge in [-0.2, -0.15) is 13.2 Å². The van der Waals surface area contributed by atoms with E-state index in [4.69, 9.17) is 4.74 Å². The summed E-state index contributed by atoms with van der Waals surface area (Å²) < 4.78 is 76.8. The molecule has 1 aliphatic rings.